The molecule has 8 heteroatoms. The Morgan fingerprint density at radius 3 is 2.56 bits per heavy atom. The van der Waals surface area contributed by atoms with E-state index in [9.17, 15) is 9.59 Å². The Bertz CT molecular complexity index is 956. The van der Waals surface area contributed by atoms with Gasteiger partial charge < -0.3 is 24.6 Å². The van der Waals surface area contributed by atoms with Gasteiger partial charge in [-0.3, -0.25) is 9.59 Å². The second-order valence-electron chi connectivity index (χ2n) is 8.34. The summed E-state index contributed by atoms with van der Waals surface area (Å²) < 4.78 is 10.9. The number of likely N-dealkylation sites (N-methyl/N-ethyl adjacent to an activating group) is 1. The molecule has 0 bridgehead atoms. The van der Waals surface area contributed by atoms with E-state index < -0.39 is 5.92 Å². The maximum absolute atomic E-state index is 13.5. The Labute approximate surface area is 193 Å². The molecule has 1 N–H and O–H groups in total. The van der Waals surface area contributed by atoms with Crippen LogP contribution in [0.25, 0.3) is 0 Å². The summed E-state index contributed by atoms with van der Waals surface area (Å²) >= 11 is 1.56. The predicted octanol–water partition coefficient (Wildman–Crippen LogP) is 3.28. The molecule has 0 radical (unpaired) electrons. The van der Waals surface area contributed by atoms with E-state index in [1.807, 2.05) is 17.5 Å². The zero-order valence-corrected chi connectivity index (χ0v) is 19.7. The summed E-state index contributed by atoms with van der Waals surface area (Å²) in [4.78, 5) is 31.9. The van der Waals surface area contributed by atoms with Gasteiger partial charge in [-0.05, 0) is 68.0 Å². The van der Waals surface area contributed by atoms with Crippen molar-refractivity contribution < 1.29 is 19.1 Å². The van der Waals surface area contributed by atoms with Crippen molar-refractivity contribution in [1.82, 2.24) is 15.1 Å². The Hall–Kier alpha value is -2.58. The normalized spacial score (nSPS) is 20.8. The maximum atomic E-state index is 13.5. The molecule has 2 amide bonds. The molecule has 172 valence electrons. The summed E-state index contributed by atoms with van der Waals surface area (Å²) in [6.07, 6.45) is 3.44. The number of nitrogens with one attached hydrogen (secondary N) is 1. The standard InChI is InChI=1S/C24H31N3O4S/c1-26-22(20-8-6-13-32-20)21(23(28)25-9-7-12-27-10-4-5-11-27)16-14-18(30-2)19(31-3)15-17(16)24(26)29/h6,8,13-15,21-22H,4-5,7,9-12H2,1-3H3,(H,25,28). The van der Waals surface area contributed by atoms with Crippen LogP contribution in [-0.2, 0) is 4.79 Å². The number of nitrogens with zero attached hydrogens (tertiary/aromatic N) is 2. The first kappa shape index (κ1) is 22.6. The van der Waals surface area contributed by atoms with Crippen molar-refractivity contribution in [2.45, 2.75) is 31.2 Å². The molecule has 32 heavy (non-hydrogen) atoms. The number of benzene rings is 1. The molecule has 2 unspecified atom stereocenters. The molecule has 1 saturated heterocycles. The fourth-order valence-electron chi connectivity index (χ4n) is 4.78. The van der Waals surface area contributed by atoms with E-state index >= 15 is 0 Å². The highest BCUT2D eigenvalue weighted by atomic mass is 32.1. The predicted molar refractivity (Wildman–Crippen MR) is 125 cm³/mol. The first-order chi connectivity index (χ1) is 15.5. The van der Waals surface area contributed by atoms with Crippen LogP contribution < -0.4 is 14.8 Å². The van der Waals surface area contributed by atoms with Gasteiger partial charge in [-0.2, -0.15) is 0 Å². The number of hydrogen-bond donors (Lipinski definition) is 1. The van der Waals surface area contributed by atoms with E-state index in [-0.39, 0.29) is 17.9 Å². The fraction of sp³-hybridized carbons (Fsp3) is 0.500. The van der Waals surface area contributed by atoms with Crippen molar-refractivity contribution in [1.29, 1.82) is 0 Å². The van der Waals surface area contributed by atoms with Crippen LogP contribution in [0.5, 0.6) is 11.5 Å². The average Bonchev–Trinajstić information content (AvgIpc) is 3.52. The molecule has 7 nitrogen and oxygen atoms in total. The van der Waals surface area contributed by atoms with Gasteiger partial charge >= 0.3 is 0 Å². The first-order valence-corrected chi connectivity index (χ1v) is 12.0. The molecule has 2 aliphatic heterocycles. The molecule has 3 heterocycles. The van der Waals surface area contributed by atoms with Crippen LogP contribution in [0.15, 0.2) is 29.6 Å². The van der Waals surface area contributed by atoms with E-state index in [2.05, 4.69) is 10.2 Å². The average molecular weight is 458 g/mol. The van der Waals surface area contributed by atoms with Gasteiger partial charge in [0.1, 0.15) is 0 Å². The van der Waals surface area contributed by atoms with E-state index in [0.717, 1.165) is 30.9 Å². The molecule has 2 aromatic rings. The number of methoxy groups -OCH3 is 2. The van der Waals surface area contributed by atoms with Gasteiger partial charge in [-0.25, -0.2) is 0 Å². The lowest BCUT2D eigenvalue weighted by molar-refractivity contribution is -0.124. The fourth-order valence-corrected chi connectivity index (χ4v) is 5.68. The van der Waals surface area contributed by atoms with Crippen molar-refractivity contribution in [2.24, 2.45) is 0 Å². The topological polar surface area (TPSA) is 71.1 Å². The van der Waals surface area contributed by atoms with Crippen molar-refractivity contribution in [3.8, 4) is 11.5 Å². The highest BCUT2D eigenvalue weighted by Crippen LogP contribution is 2.46. The molecule has 0 aliphatic carbocycles. The number of rotatable bonds is 8. The quantitative estimate of drug-likeness (QED) is 0.616. The summed E-state index contributed by atoms with van der Waals surface area (Å²) in [6.45, 7) is 3.92. The molecular weight excluding hydrogens is 426 g/mol. The molecule has 2 atom stereocenters. The lowest BCUT2D eigenvalue weighted by Gasteiger charge is -2.39. The summed E-state index contributed by atoms with van der Waals surface area (Å²) in [5, 5.41) is 5.11. The maximum Gasteiger partial charge on any atom is 0.254 e. The van der Waals surface area contributed by atoms with Crippen LogP contribution in [0.4, 0.5) is 0 Å². The number of thiophene rings is 1. The smallest absolute Gasteiger partial charge is 0.254 e. The van der Waals surface area contributed by atoms with E-state index in [4.69, 9.17) is 9.47 Å². The minimum Gasteiger partial charge on any atom is -0.493 e. The SMILES string of the molecule is COc1cc2c(cc1OC)C(C(=O)NCCCN1CCCC1)C(c1cccs1)N(C)C2=O. The number of hydrogen-bond acceptors (Lipinski definition) is 6. The van der Waals surface area contributed by atoms with Crippen LogP contribution in [0, 0.1) is 0 Å². The van der Waals surface area contributed by atoms with E-state index in [1.54, 1.807) is 49.6 Å². The zero-order valence-electron chi connectivity index (χ0n) is 18.9. The lowest BCUT2D eigenvalue weighted by Crippen LogP contribution is -2.45. The first-order valence-electron chi connectivity index (χ1n) is 11.1. The van der Waals surface area contributed by atoms with Gasteiger partial charge in [-0.15, -0.1) is 11.3 Å². The van der Waals surface area contributed by atoms with Crippen molar-refractivity contribution in [3.63, 3.8) is 0 Å². The summed E-state index contributed by atoms with van der Waals surface area (Å²) in [5.74, 6) is 0.265. The molecule has 0 spiro atoms. The third kappa shape index (κ3) is 4.34. The molecule has 0 saturated carbocycles. The van der Waals surface area contributed by atoms with Gasteiger partial charge in [0.15, 0.2) is 11.5 Å². The van der Waals surface area contributed by atoms with Gasteiger partial charge in [0.2, 0.25) is 5.91 Å². The largest absolute Gasteiger partial charge is 0.493 e. The number of fused-ring (bicyclic) bond motifs is 1. The number of likely N-dealkylation sites (tertiary alicyclic amines) is 1. The molecule has 1 aromatic heterocycles. The Kier molecular flexibility index (Phi) is 7.01. The second-order valence-corrected chi connectivity index (χ2v) is 9.32. The summed E-state index contributed by atoms with van der Waals surface area (Å²) in [7, 11) is 4.87. The van der Waals surface area contributed by atoms with Crippen molar-refractivity contribution >= 4 is 23.2 Å². The number of carbonyl (C=O) groups excluding carboxylic acids is 2. The Morgan fingerprint density at radius 1 is 1.19 bits per heavy atom. The lowest BCUT2D eigenvalue weighted by atomic mass is 9.81. The van der Waals surface area contributed by atoms with Crippen LogP contribution >= 0.6 is 11.3 Å². The number of carbonyl (C=O) groups is 2. The monoisotopic (exact) mass is 457 g/mol. The highest BCUT2D eigenvalue weighted by Gasteiger charge is 2.44. The zero-order chi connectivity index (χ0) is 22.7. The Morgan fingerprint density at radius 2 is 1.91 bits per heavy atom. The number of ether oxygens (including phenoxy) is 2. The summed E-state index contributed by atoms with van der Waals surface area (Å²) in [6, 6.07) is 7.04. The van der Waals surface area contributed by atoms with E-state index in [0.29, 0.717) is 29.2 Å². The molecular formula is C24H31N3O4S. The minimum absolute atomic E-state index is 0.0716. The van der Waals surface area contributed by atoms with Gasteiger partial charge in [-0.1, -0.05) is 6.07 Å². The third-order valence-electron chi connectivity index (χ3n) is 6.44. The van der Waals surface area contributed by atoms with Crippen LogP contribution in [-0.4, -0.2) is 69.1 Å². The van der Waals surface area contributed by atoms with Crippen molar-refractivity contribution in [2.75, 3.05) is 47.4 Å². The molecule has 4 rings (SSSR count). The van der Waals surface area contributed by atoms with Gasteiger partial charge in [0.25, 0.3) is 5.91 Å². The number of amides is 2. The van der Waals surface area contributed by atoms with Gasteiger partial charge in [0, 0.05) is 24.0 Å². The summed E-state index contributed by atoms with van der Waals surface area (Å²) in [5.41, 5.74) is 1.16. The van der Waals surface area contributed by atoms with Crippen LogP contribution in [0.1, 0.15) is 52.0 Å². The van der Waals surface area contributed by atoms with Crippen LogP contribution in [0.2, 0.25) is 0 Å². The minimum atomic E-state index is -0.530. The van der Waals surface area contributed by atoms with Gasteiger partial charge in [0.05, 0.1) is 26.2 Å². The van der Waals surface area contributed by atoms with E-state index in [1.165, 1.54) is 12.8 Å². The Balaban J connectivity index is 1.63. The molecule has 2 aliphatic rings. The molecule has 1 aromatic carbocycles. The highest BCUT2D eigenvalue weighted by molar-refractivity contribution is 7.10. The van der Waals surface area contributed by atoms with Crippen molar-refractivity contribution in [3.05, 3.63) is 45.6 Å². The second kappa shape index (κ2) is 9.92. The molecule has 1 fully saturated rings. The van der Waals surface area contributed by atoms with Crippen LogP contribution in [0.3, 0.4) is 0 Å². The third-order valence-corrected chi connectivity index (χ3v) is 7.38.